The molecule has 1 heterocycles. The molecule has 0 atom stereocenters. The third-order valence-corrected chi connectivity index (χ3v) is 7.62. The lowest BCUT2D eigenvalue weighted by atomic mass is 10.1. The second-order valence-corrected chi connectivity index (χ2v) is 9.76. The fraction of sp³-hybridized carbons (Fsp3) is 0.571. The van der Waals surface area contributed by atoms with E-state index in [4.69, 9.17) is 5.73 Å². The molecule has 2 fully saturated rings. The summed E-state index contributed by atoms with van der Waals surface area (Å²) >= 11 is 0. The van der Waals surface area contributed by atoms with Crippen molar-refractivity contribution in [3.8, 4) is 0 Å². The van der Waals surface area contributed by atoms with Crippen LogP contribution in [0.3, 0.4) is 0 Å². The van der Waals surface area contributed by atoms with E-state index in [9.17, 15) is 16.8 Å². The van der Waals surface area contributed by atoms with Gasteiger partial charge in [0, 0.05) is 25.2 Å². The zero-order valence-corrected chi connectivity index (χ0v) is 14.3. The Morgan fingerprint density at radius 1 is 0.913 bits per heavy atom. The van der Waals surface area contributed by atoms with E-state index in [0.717, 1.165) is 12.8 Å². The van der Waals surface area contributed by atoms with Crippen LogP contribution in [0.15, 0.2) is 34.1 Å². The Morgan fingerprint density at radius 3 is 1.96 bits per heavy atom. The number of nitrogens with zero attached hydrogens (tertiary/aromatic N) is 1. The molecule has 1 saturated carbocycles. The lowest BCUT2D eigenvalue weighted by Crippen LogP contribution is -2.42. The van der Waals surface area contributed by atoms with Gasteiger partial charge in [-0.2, -0.15) is 4.31 Å². The van der Waals surface area contributed by atoms with Crippen LogP contribution >= 0.6 is 0 Å². The molecule has 2 aliphatic rings. The number of nitrogens with one attached hydrogen (secondary N) is 1. The van der Waals surface area contributed by atoms with Crippen molar-refractivity contribution in [3.63, 3.8) is 0 Å². The van der Waals surface area contributed by atoms with Crippen LogP contribution in [0.4, 0.5) is 0 Å². The molecule has 0 bridgehead atoms. The molecular weight excluding hydrogens is 338 g/mol. The third kappa shape index (κ3) is 3.74. The molecule has 9 heteroatoms. The van der Waals surface area contributed by atoms with Crippen LogP contribution < -0.4 is 10.5 Å². The van der Waals surface area contributed by atoms with Crippen LogP contribution in [0.25, 0.3) is 0 Å². The Morgan fingerprint density at radius 2 is 1.43 bits per heavy atom. The first kappa shape index (κ1) is 16.8. The van der Waals surface area contributed by atoms with Crippen molar-refractivity contribution in [1.82, 2.24) is 9.03 Å². The van der Waals surface area contributed by atoms with Gasteiger partial charge in [0.2, 0.25) is 20.0 Å². The number of hydrogen-bond acceptors (Lipinski definition) is 5. The van der Waals surface area contributed by atoms with Crippen molar-refractivity contribution in [2.45, 2.75) is 47.6 Å². The van der Waals surface area contributed by atoms with E-state index < -0.39 is 20.0 Å². The summed E-state index contributed by atoms with van der Waals surface area (Å²) < 4.78 is 53.3. The fourth-order valence-electron chi connectivity index (χ4n) is 2.54. The lowest BCUT2D eigenvalue weighted by Gasteiger charge is -2.29. The van der Waals surface area contributed by atoms with Gasteiger partial charge in [0.15, 0.2) is 0 Å². The predicted octanol–water partition coefficient (Wildman–Crippen LogP) is 0.239. The summed E-state index contributed by atoms with van der Waals surface area (Å²) in [5.41, 5.74) is 5.80. The van der Waals surface area contributed by atoms with Gasteiger partial charge in [-0.3, -0.25) is 0 Å². The third-order valence-electron chi connectivity index (χ3n) is 4.17. The van der Waals surface area contributed by atoms with Gasteiger partial charge in [-0.25, -0.2) is 21.6 Å². The Hall–Kier alpha value is -1.00. The maximum absolute atomic E-state index is 12.6. The number of benzene rings is 1. The molecule has 0 radical (unpaired) electrons. The molecule has 23 heavy (non-hydrogen) atoms. The normalized spacial score (nSPS) is 21.4. The second-order valence-electron chi connectivity index (χ2n) is 6.11. The van der Waals surface area contributed by atoms with E-state index in [1.807, 2.05) is 0 Å². The van der Waals surface area contributed by atoms with Crippen LogP contribution in [-0.2, 0) is 20.0 Å². The summed E-state index contributed by atoms with van der Waals surface area (Å²) in [7, 11) is -7.16. The highest BCUT2D eigenvalue weighted by Crippen LogP contribution is 2.24. The molecule has 1 aromatic rings. The summed E-state index contributed by atoms with van der Waals surface area (Å²) in [5, 5.41) is 0. The zero-order chi connectivity index (χ0) is 16.7. The van der Waals surface area contributed by atoms with Gasteiger partial charge in [-0.05, 0) is 49.9 Å². The average molecular weight is 359 g/mol. The summed E-state index contributed by atoms with van der Waals surface area (Å²) in [6, 6.07) is 5.44. The molecule has 1 aliphatic heterocycles. The fourth-order valence-corrected chi connectivity index (χ4v) is 5.32. The zero-order valence-electron chi connectivity index (χ0n) is 12.7. The van der Waals surface area contributed by atoms with Crippen LogP contribution in [0.1, 0.15) is 25.7 Å². The number of hydrogen-bond donors (Lipinski definition) is 2. The molecule has 3 rings (SSSR count). The molecule has 0 unspecified atom stereocenters. The van der Waals surface area contributed by atoms with Crippen LogP contribution in [-0.4, -0.2) is 46.3 Å². The summed E-state index contributed by atoms with van der Waals surface area (Å²) in [5.74, 6) is 0. The second kappa shape index (κ2) is 6.14. The van der Waals surface area contributed by atoms with Crippen molar-refractivity contribution < 1.29 is 16.8 Å². The number of piperidine rings is 1. The summed E-state index contributed by atoms with van der Waals surface area (Å²) in [4.78, 5) is 0.197. The van der Waals surface area contributed by atoms with E-state index in [0.29, 0.717) is 25.9 Å². The molecule has 7 nitrogen and oxygen atoms in total. The van der Waals surface area contributed by atoms with Crippen molar-refractivity contribution >= 4 is 20.0 Å². The van der Waals surface area contributed by atoms with Gasteiger partial charge in [-0.1, -0.05) is 0 Å². The highest BCUT2D eigenvalue weighted by Gasteiger charge is 2.30. The first-order chi connectivity index (χ1) is 10.8. The van der Waals surface area contributed by atoms with Gasteiger partial charge in [0.25, 0.3) is 0 Å². The maximum atomic E-state index is 12.6. The van der Waals surface area contributed by atoms with Crippen molar-refractivity contribution in [2.24, 2.45) is 5.73 Å². The van der Waals surface area contributed by atoms with E-state index >= 15 is 0 Å². The first-order valence-electron chi connectivity index (χ1n) is 7.67. The molecule has 0 amide bonds. The summed E-state index contributed by atoms with van der Waals surface area (Å²) in [6.07, 6.45) is 2.97. The Balaban J connectivity index is 1.78. The molecule has 1 aliphatic carbocycles. The van der Waals surface area contributed by atoms with E-state index in [1.165, 1.54) is 28.6 Å². The monoisotopic (exact) mass is 359 g/mol. The molecule has 0 aromatic heterocycles. The standard InChI is InChI=1S/C14H21N3O4S2/c15-11-7-9-17(10-8-11)23(20,21)14-5-3-13(4-6-14)22(18,19)16-12-1-2-12/h3-6,11-12,16H,1-2,7-10,15H2. The van der Waals surface area contributed by atoms with Crippen LogP contribution in [0.5, 0.6) is 0 Å². The number of sulfonamides is 2. The van der Waals surface area contributed by atoms with Crippen molar-refractivity contribution in [2.75, 3.05) is 13.1 Å². The molecule has 0 spiro atoms. The SMILES string of the molecule is NC1CCN(S(=O)(=O)c2ccc(S(=O)(=O)NC3CC3)cc2)CC1. The largest absolute Gasteiger partial charge is 0.328 e. The Kier molecular flexibility index (Phi) is 4.49. The molecule has 1 saturated heterocycles. The lowest BCUT2D eigenvalue weighted by molar-refractivity contribution is 0.320. The minimum atomic E-state index is -3.60. The quantitative estimate of drug-likeness (QED) is 0.782. The maximum Gasteiger partial charge on any atom is 0.243 e. The van der Waals surface area contributed by atoms with Crippen molar-refractivity contribution in [1.29, 1.82) is 0 Å². The first-order valence-corrected chi connectivity index (χ1v) is 10.6. The van der Waals surface area contributed by atoms with E-state index in [2.05, 4.69) is 4.72 Å². The predicted molar refractivity (Wildman–Crippen MR) is 85.8 cm³/mol. The van der Waals surface area contributed by atoms with Crippen molar-refractivity contribution in [3.05, 3.63) is 24.3 Å². The minimum absolute atomic E-state index is 0.0148. The molecule has 3 N–H and O–H groups in total. The van der Waals surface area contributed by atoms with E-state index in [-0.39, 0.29) is 21.9 Å². The summed E-state index contributed by atoms with van der Waals surface area (Å²) in [6.45, 7) is 0.791. The van der Waals surface area contributed by atoms with E-state index in [1.54, 1.807) is 0 Å². The van der Waals surface area contributed by atoms with Gasteiger partial charge in [0.05, 0.1) is 9.79 Å². The van der Waals surface area contributed by atoms with Crippen LogP contribution in [0, 0.1) is 0 Å². The topological polar surface area (TPSA) is 110 Å². The molecular formula is C14H21N3O4S2. The highest BCUT2D eigenvalue weighted by molar-refractivity contribution is 7.89. The van der Waals surface area contributed by atoms with Gasteiger partial charge >= 0.3 is 0 Å². The Labute approximate surface area is 137 Å². The smallest absolute Gasteiger partial charge is 0.243 e. The molecule has 128 valence electrons. The minimum Gasteiger partial charge on any atom is -0.328 e. The number of rotatable bonds is 5. The molecule has 1 aromatic carbocycles. The highest BCUT2D eigenvalue weighted by atomic mass is 32.2. The van der Waals surface area contributed by atoms with Gasteiger partial charge < -0.3 is 5.73 Å². The number of nitrogens with two attached hydrogens (primary N) is 1. The van der Waals surface area contributed by atoms with Gasteiger partial charge in [0.1, 0.15) is 0 Å². The van der Waals surface area contributed by atoms with Gasteiger partial charge in [-0.15, -0.1) is 0 Å². The van der Waals surface area contributed by atoms with Crippen LogP contribution in [0.2, 0.25) is 0 Å². The Bertz CT molecular complexity index is 763. The average Bonchev–Trinajstić information content (AvgIpc) is 3.31.